The van der Waals surface area contributed by atoms with Gasteiger partial charge in [-0.1, -0.05) is 53.5 Å². The first-order valence-electron chi connectivity index (χ1n) is 7.06. The molecule has 0 unspecified atom stereocenters. The van der Waals surface area contributed by atoms with Crippen LogP contribution in [0, 0.1) is 0 Å². The van der Waals surface area contributed by atoms with E-state index in [1.165, 1.54) is 0 Å². The fourth-order valence-corrected chi connectivity index (χ4v) is 3.51. The van der Waals surface area contributed by atoms with Gasteiger partial charge in [0.15, 0.2) is 0 Å². The van der Waals surface area contributed by atoms with E-state index in [0.29, 0.717) is 16.5 Å². The first-order valence-corrected chi connectivity index (χ1v) is 7.82. The predicted molar refractivity (Wildman–Crippen MR) is 89.0 cm³/mol. The summed E-state index contributed by atoms with van der Waals surface area (Å²) in [6.45, 7) is 0. The molecule has 0 saturated heterocycles. The summed E-state index contributed by atoms with van der Waals surface area (Å²) in [6, 6.07) is 13.3. The number of hydrogen-bond acceptors (Lipinski definition) is 2. The Hall–Kier alpha value is -1.55. The molecule has 5 heteroatoms. The molecule has 2 atom stereocenters. The van der Waals surface area contributed by atoms with Gasteiger partial charge in [0.05, 0.1) is 10.0 Å². The van der Waals surface area contributed by atoms with Crippen molar-refractivity contribution >= 4 is 29.1 Å². The number of carbonyl (C=O) groups is 1. The number of primary amides is 1. The van der Waals surface area contributed by atoms with Crippen molar-refractivity contribution in [3.05, 3.63) is 69.2 Å². The Morgan fingerprint density at radius 1 is 1.14 bits per heavy atom. The standard InChI is InChI=1S/C17H16Cl2N2O/c18-14-6-5-10(9-15(14)19)11-7-8-17(21,16(20)22)13-4-2-1-3-12(11)13/h1-6,9,11H,7-8,21H2,(H2,20,22)/t11-,17+/m1/s1. The van der Waals surface area contributed by atoms with Crippen LogP contribution in [0.1, 0.15) is 35.4 Å². The molecule has 0 bridgehead atoms. The highest BCUT2D eigenvalue weighted by molar-refractivity contribution is 6.42. The van der Waals surface area contributed by atoms with Crippen molar-refractivity contribution in [1.82, 2.24) is 0 Å². The van der Waals surface area contributed by atoms with Crippen molar-refractivity contribution in [2.24, 2.45) is 11.5 Å². The third kappa shape index (κ3) is 2.39. The highest BCUT2D eigenvalue weighted by atomic mass is 35.5. The Bertz CT molecular complexity index is 747. The van der Waals surface area contributed by atoms with Gasteiger partial charge in [-0.25, -0.2) is 0 Å². The smallest absolute Gasteiger partial charge is 0.242 e. The van der Waals surface area contributed by atoms with Crippen LogP contribution in [0.5, 0.6) is 0 Å². The zero-order chi connectivity index (χ0) is 15.9. The van der Waals surface area contributed by atoms with Gasteiger partial charge in [0.25, 0.3) is 0 Å². The van der Waals surface area contributed by atoms with Gasteiger partial charge in [-0.05, 0) is 41.7 Å². The topological polar surface area (TPSA) is 69.1 Å². The first kappa shape index (κ1) is 15.3. The summed E-state index contributed by atoms with van der Waals surface area (Å²) in [4.78, 5) is 11.8. The molecule has 0 fully saturated rings. The molecule has 114 valence electrons. The molecule has 1 aliphatic rings. The molecule has 3 rings (SSSR count). The van der Waals surface area contributed by atoms with E-state index in [9.17, 15) is 4.79 Å². The van der Waals surface area contributed by atoms with Crippen molar-refractivity contribution < 1.29 is 4.79 Å². The van der Waals surface area contributed by atoms with Gasteiger partial charge < -0.3 is 11.5 Å². The summed E-state index contributed by atoms with van der Waals surface area (Å²) >= 11 is 12.1. The molecule has 1 aliphatic carbocycles. The molecule has 1 amide bonds. The second kappa shape index (κ2) is 5.58. The lowest BCUT2D eigenvalue weighted by Gasteiger charge is -2.37. The van der Waals surface area contributed by atoms with Crippen molar-refractivity contribution in [2.45, 2.75) is 24.3 Å². The molecule has 4 N–H and O–H groups in total. The minimum atomic E-state index is -1.11. The summed E-state index contributed by atoms with van der Waals surface area (Å²) < 4.78 is 0. The molecule has 0 spiro atoms. The normalized spacial score (nSPS) is 23.9. The lowest BCUT2D eigenvalue weighted by atomic mass is 9.70. The van der Waals surface area contributed by atoms with E-state index < -0.39 is 11.4 Å². The minimum Gasteiger partial charge on any atom is -0.368 e. The molecular formula is C17H16Cl2N2O. The Morgan fingerprint density at radius 2 is 1.86 bits per heavy atom. The number of fused-ring (bicyclic) bond motifs is 1. The number of hydrogen-bond donors (Lipinski definition) is 2. The fraction of sp³-hybridized carbons (Fsp3) is 0.235. The van der Waals surface area contributed by atoms with Gasteiger partial charge in [0, 0.05) is 5.92 Å². The quantitative estimate of drug-likeness (QED) is 0.881. The molecular weight excluding hydrogens is 319 g/mol. The lowest BCUT2D eigenvalue weighted by Crippen LogP contribution is -2.51. The van der Waals surface area contributed by atoms with Gasteiger partial charge >= 0.3 is 0 Å². The van der Waals surface area contributed by atoms with Gasteiger partial charge in [0.1, 0.15) is 5.54 Å². The van der Waals surface area contributed by atoms with Crippen molar-refractivity contribution in [1.29, 1.82) is 0 Å². The molecule has 0 aromatic heterocycles. The van der Waals surface area contributed by atoms with E-state index in [4.69, 9.17) is 34.7 Å². The Morgan fingerprint density at radius 3 is 2.55 bits per heavy atom. The van der Waals surface area contributed by atoms with Crippen LogP contribution < -0.4 is 11.5 Å². The highest BCUT2D eigenvalue weighted by Gasteiger charge is 2.41. The maximum Gasteiger partial charge on any atom is 0.242 e. The molecule has 2 aromatic carbocycles. The van der Waals surface area contributed by atoms with E-state index in [1.807, 2.05) is 36.4 Å². The molecule has 22 heavy (non-hydrogen) atoms. The van der Waals surface area contributed by atoms with Crippen molar-refractivity contribution in [3.63, 3.8) is 0 Å². The van der Waals surface area contributed by atoms with Crippen molar-refractivity contribution in [3.8, 4) is 0 Å². The Labute approximate surface area is 139 Å². The van der Waals surface area contributed by atoms with Crippen LogP contribution in [-0.2, 0) is 10.3 Å². The molecule has 2 aromatic rings. The average Bonchev–Trinajstić information content (AvgIpc) is 2.51. The molecule has 0 heterocycles. The molecule has 0 radical (unpaired) electrons. The maximum absolute atomic E-state index is 11.8. The summed E-state index contributed by atoms with van der Waals surface area (Å²) in [6.07, 6.45) is 1.23. The van der Waals surface area contributed by atoms with Gasteiger partial charge in [-0.3, -0.25) is 4.79 Å². The SMILES string of the molecule is NC(=O)[C@]1(N)CC[C@H](c2ccc(Cl)c(Cl)c2)c2ccccc21. The largest absolute Gasteiger partial charge is 0.368 e. The fourth-order valence-electron chi connectivity index (χ4n) is 3.20. The Kier molecular flexibility index (Phi) is 3.89. The number of rotatable bonds is 2. The van der Waals surface area contributed by atoms with E-state index >= 15 is 0 Å². The van der Waals surface area contributed by atoms with E-state index in [0.717, 1.165) is 23.1 Å². The number of nitrogens with two attached hydrogens (primary N) is 2. The highest BCUT2D eigenvalue weighted by Crippen LogP contribution is 2.43. The summed E-state index contributed by atoms with van der Waals surface area (Å²) in [5.41, 5.74) is 13.6. The average molecular weight is 335 g/mol. The number of benzene rings is 2. The van der Waals surface area contributed by atoms with E-state index in [-0.39, 0.29) is 5.92 Å². The maximum atomic E-state index is 11.8. The van der Waals surface area contributed by atoms with Crippen LogP contribution in [-0.4, -0.2) is 5.91 Å². The van der Waals surface area contributed by atoms with Crippen LogP contribution in [0.25, 0.3) is 0 Å². The third-order valence-electron chi connectivity index (χ3n) is 4.43. The van der Waals surface area contributed by atoms with Gasteiger partial charge in [-0.2, -0.15) is 0 Å². The second-order valence-electron chi connectivity index (χ2n) is 5.69. The summed E-state index contributed by atoms with van der Waals surface area (Å²) in [5, 5.41) is 1.05. The summed E-state index contributed by atoms with van der Waals surface area (Å²) in [7, 11) is 0. The minimum absolute atomic E-state index is 0.127. The van der Waals surface area contributed by atoms with Crippen LogP contribution in [0.3, 0.4) is 0 Å². The van der Waals surface area contributed by atoms with Crippen LogP contribution >= 0.6 is 23.2 Å². The zero-order valence-corrected chi connectivity index (χ0v) is 13.4. The van der Waals surface area contributed by atoms with Crippen LogP contribution in [0.4, 0.5) is 0 Å². The zero-order valence-electron chi connectivity index (χ0n) is 11.9. The first-order chi connectivity index (χ1) is 10.4. The number of halogens is 2. The molecule has 0 saturated carbocycles. The molecule has 3 nitrogen and oxygen atoms in total. The number of carbonyl (C=O) groups excluding carboxylic acids is 1. The van der Waals surface area contributed by atoms with E-state index in [2.05, 4.69) is 0 Å². The van der Waals surface area contributed by atoms with Crippen LogP contribution in [0.2, 0.25) is 10.0 Å². The lowest BCUT2D eigenvalue weighted by molar-refractivity contribution is -0.124. The number of amides is 1. The monoisotopic (exact) mass is 334 g/mol. The van der Waals surface area contributed by atoms with Gasteiger partial charge in [0.2, 0.25) is 5.91 Å². The second-order valence-corrected chi connectivity index (χ2v) is 6.50. The van der Waals surface area contributed by atoms with E-state index in [1.54, 1.807) is 6.07 Å². The third-order valence-corrected chi connectivity index (χ3v) is 5.17. The Balaban J connectivity index is 2.12. The van der Waals surface area contributed by atoms with Gasteiger partial charge in [-0.15, -0.1) is 0 Å². The van der Waals surface area contributed by atoms with Crippen LogP contribution in [0.15, 0.2) is 42.5 Å². The van der Waals surface area contributed by atoms with Crippen molar-refractivity contribution in [2.75, 3.05) is 0 Å². The predicted octanol–water partition coefficient (Wildman–Crippen LogP) is 3.56. The molecule has 0 aliphatic heterocycles. The summed E-state index contributed by atoms with van der Waals surface area (Å²) in [5.74, 6) is -0.366.